The van der Waals surface area contributed by atoms with E-state index in [2.05, 4.69) is 20.8 Å². The molecule has 0 unspecified atom stereocenters. The average Bonchev–Trinajstić information content (AvgIpc) is 2.65. The SMILES string of the molecule is COc1ccc(C(=O)N/N=C(/C)C2=NCc3ccccc3N2)cc1. The minimum atomic E-state index is -0.284. The molecule has 1 aliphatic heterocycles. The third kappa shape index (κ3) is 3.43. The molecule has 0 saturated heterocycles. The molecule has 1 heterocycles. The monoisotopic (exact) mass is 322 g/mol. The minimum Gasteiger partial charge on any atom is -0.497 e. The van der Waals surface area contributed by atoms with Gasteiger partial charge in [-0.2, -0.15) is 5.10 Å². The number of hydrogen-bond donors (Lipinski definition) is 2. The molecule has 1 amide bonds. The van der Waals surface area contributed by atoms with E-state index < -0.39 is 0 Å². The van der Waals surface area contributed by atoms with Crippen LogP contribution in [0.3, 0.4) is 0 Å². The van der Waals surface area contributed by atoms with Crippen LogP contribution in [0.25, 0.3) is 0 Å². The van der Waals surface area contributed by atoms with Crippen LogP contribution in [0.15, 0.2) is 58.6 Å². The number of carbonyl (C=O) groups excluding carboxylic acids is 1. The van der Waals surface area contributed by atoms with Crippen LogP contribution < -0.4 is 15.5 Å². The van der Waals surface area contributed by atoms with Crippen molar-refractivity contribution in [3.63, 3.8) is 0 Å². The number of ether oxygens (including phenoxy) is 1. The van der Waals surface area contributed by atoms with E-state index in [1.165, 1.54) is 0 Å². The van der Waals surface area contributed by atoms with Gasteiger partial charge in [0, 0.05) is 11.3 Å². The number of fused-ring (bicyclic) bond motifs is 1. The van der Waals surface area contributed by atoms with Gasteiger partial charge in [-0.25, -0.2) is 5.43 Å². The van der Waals surface area contributed by atoms with E-state index in [1.807, 2.05) is 24.3 Å². The molecule has 24 heavy (non-hydrogen) atoms. The highest BCUT2D eigenvalue weighted by atomic mass is 16.5. The van der Waals surface area contributed by atoms with Gasteiger partial charge >= 0.3 is 0 Å². The van der Waals surface area contributed by atoms with E-state index in [0.717, 1.165) is 11.3 Å². The lowest BCUT2D eigenvalue weighted by atomic mass is 10.1. The van der Waals surface area contributed by atoms with Crippen LogP contribution in [0, 0.1) is 0 Å². The standard InChI is InChI=1S/C18H18N4O2/c1-12(17-19-11-14-5-3-4-6-16(14)20-17)21-22-18(23)13-7-9-15(24-2)10-8-13/h3-10H,11H2,1-2H3,(H,19,20)(H,22,23)/b21-12-. The van der Waals surface area contributed by atoms with Crippen molar-refractivity contribution in [2.24, 2.45) is 10.1 Å². The maximum Gasteiger partial charge on any atom is 0.271 e. The number of hydrazone groups is 1. The van der Waals surface area contributed by atoms with E-state index in [4.69, 9.17) is 4.74 Å². The van der Waals surface area contributed by atoms with E-state index >= 15 is 0 Å². The molecule has 0 saturated carbocycles. The number of carbonyl (C=O) groups is 1. The number of anilines is 1. The Morgan fingerprint density at radius 1 is 1.21 bits per heavy atom. The summed E-state index contributed by atoms with van der Waals surface area (Å²) in [5.74, 6) is 1.07. The topological polar surface area (TPSA) is 75.1 Å². The highest BCUT2D eigenvalue weighted by Crippen LogP contribution is 2.20. The zero-order valence-electron chi connectivity index (χ0n) is 13.5. The van der Waals surface area contributed by atoms with Crippen LogP contribution in [-0.2, 0) is 6.54 Å². The van der Waals surface area contributed by atoms with Gasteiger partial charge in [0.2, 0.25) is 0 Å². The van der Waals surface area contributed by atoms with Crippen molar-refractivity contribution in [1.82, 2.24) is 5.43 Å². The lowest BCUT2D eigenvalue weighted by Crippen LogP contribution is -2.28. The molecule has 2 N–H and O–H groups in total. The first-order valence-electron chi connectivity index (χ1n) is 7.56. The van der Waals surface area contributed by atoms with Crippen LogP contribution in [0.2, 0.25) is 0 Å². The van der Waals surface area contributed by atoms with Gasteiger partial charge in [0.25, 0.3) is 5.91 Å². The quantitative estimate of drug-likeness (QED) is 0.671. The Labute approximate surface area is 140 Å². The van der Waals surface area contributed by atoms with E-state index in [1.54, 1.807) is 38.3 Å². The van der Waals surface area contributed by atoms with Gasteiger partial charge < -0.3 is 10.1 Å². The van der Waals surface area contributed by atoms with Crippen molar-refractivity contribution in [3.05, 3.63) is 59.7 Å². The molecule has 0 bridgehead atoms. The number of aliphatic imine (C=N–C) groups is 1. The van der Waals surface area contributed by atoms with Crippen molar-refractivity contribution in [1.29, 1.82) is 0 Å². The minimum absolute atomic E-state index is 0.284. The number of benzene rings is 2. The molecule has 0 spiro atoms. The fourth-order valence-electron chi connectivity index (χ4n) is 2.31. The second-order valence-electron chi connectivity index (χ2n) is 5.31. The van der Waals surface area contributed by atoms with Gasteiger partial charge in [-0.3, -0.25) is 9.79 Å². The normalized spacial score (nSPS) is 13.4. The molecule has 2 aromatic carbocycles. The summed E-state index contributed by atoms with van der Waals surface area (Å²) >= 11 is 0. The number of hydrogen-bond acceptors (Lipinski definition) is 5. The highest BCUT2D eigenvalue weighted by molar-refractivity contribution is 6.45. The second kappa shape index (κ2) is 6.95. The first-order chi connectivity index (χ1) is 11.7. The van der Waals surface area contributed by atoms with Crippen LogP contribution in [0.5, 0.6) is 5.75 Å². The molecule has 3 rings (SSSR count). The summed E-state index contributed by atoms with van der Waals surface area (Å²) in [6.45, 7) is 2.39. The molecule has 0 aromatic heterocycles. The zero-order valence-corrected chi connectivity index (χ0v) is 13.5. The summed E-state index contributed by atoms with van der Waals surface area (Å²) in [4.78, 5) is 16.6. The number of methoxy groups -OCH3 is 1. The van der Waals surface area contributed by atoms with Gasteiger partial charge in [-0.1, -0.05) is 18.2 Å². The fourth-order valence-corrected chi connectivity index (χ4v) is 2.31. The summed E-state index contributed by atoms with van der Waals surface area (Å²) in [7, 11) is 1.58. The summed E-state index contributed by atoms with van der Waals surface area (Å²) in [5, 5.41) is 7.36. The summed E-state index contributed by atoms with van der Waals surface area (Å²) in [6.07, 6.45) is 0. The van der Waals surface area contributed by atoms with Crippen molar-refractivity contribution in [2.45, 2.75) is 13.5 Å². The van der Waals surface area contributed by atoms with E-state index in [-0.39, 0.29) is 5.91 Å². The smallest absolute Gasteiger partial charge is 0.271 e. The summed E-state index contributed by atoms with van der Waals surface area (Å²) in [6, 6.07) is 14.8. The number of nitrogens with zero attached hydrogens (tertiary/aromatic N) is 2. The molecule has 1 aliphatic rings. The predicted molar refractivity (Wildman–Crippen MR) is 94.8 cm³/mol. The molecular weight excluding hydrogens is 304 g/mol. The Morgan fingerprint density at radius 2 is 1.96 bits per heavy atom. The van der Waals surface area contributed by atoms with Crippen molar-refractivity contribution in [3.8, 4) is 5.75 Å². The molecule has 6 nitrogen and oxygen atoms in total. The summed E-state index contributed by atoms with van der Waals surface area (Å²) in [5.41, 5.74) is 5.82. The zero-order chi connectivity index (χ0) is 16.9. The molecule has 0 aliphatic carbocycles. The lowest BCUT2D eigenvalue weighted by Gasteiger charge is -2.17. The van der Waals surface area contributed by atoms with Crippen molar-refractivity contribution in [2.75, 3.05) is 12.4 Å². The lowest BCUT2D eigenvalue weighted by molar-refractivity contribution is 0.0955. The number of amidine groups is 1. The van der Waals surface area contributed by atoms with Crippen LogP contribution in [-0.4, -0.2) is 24.6 Å². The van der Waals surface area contributed by atoms with Crippen molar-refractivity contribution >= 4 is 23.1 Å². The number of para-hydroxylation sites is 1. The Bertz CT molecular complexity index is 810. The first-order valence-corrected chi connectivity index (χ1v) is 7.56. The van der Waals surface area contributed by atoms with Crippen LogP contribution in [0.1, 0.15) is 22.8 Å². The Morgan fingerprint density at radius 3 is 2.71 bits per heavy atom. The maximum absolute atomic E-state index is 12.1. The van der Waals surface area contributed by atoms with E-state index in [9.17, 15) is 4.79 Å². The number of nitrogens with one attached hydrogen (secondary N) is 2. The molecule has 0 fully saturated rings. The van der Waals surface area contributed by atoms with Crippen LogP contribution in [0.4, 0.5) is 5.69 Å². The van der Waals surface area contributed by atoms with Gasteiger partial charge in [0.15, 0.2) is 0 Å². The summed E-state index contributed by atoms with van der Waals surface area (Å²) < 4.78 is 5.07. The Kier molecular flexibility index (Phi) is 4.56. The van der Waals surface area contributed by atoms with Crippen molar-refractivity contribution < 1.29 is 9.53 Å². The van der Waals surface area contributed by atoms with Gasteiger partial charge in [0.1, 0.15) is 11.6 Å². The Hall–Kier alpha value is -3.15. The fraction of sp³-hybridized carbons (Fsp3) is 0.167. The molecule has 2 aromatic rings. The largest absolute Gasteiger partial charge is 0.497 e. The van der Waals surface area contributed by atoms with Gasteiger partial charge in [-0.15, -0.1) is 0 Å². The molecular formula is C18H18N4O2. The van der Waals surface area contributed by atoms with Crippen LogP contribution >= 0.6 is 0 Å². The van der Waals surface area contributed by atoms with E-state index in [0.29, 0.717) is 29.4 Å². The maximum atomic E-state index is 12.1. The average molecular weight is 322 g/mol. The number of rotatable bonds is 4. The first kappa shape index (κ1) is 15.7. The molecule has 0 atom stereocenters. The molecule has 6 heteroatoms. The van der Waals surface area contributed by atoms with Gasteiger partial charge in [-0.05, 0) is 42.8 Å². The highest BCUT2D eigenvalue weighted by Gasteiger charge is 2.13. The predicted octanol–water partition coefficient (Wildman–Crippen LogP) is 2.83. The third-order valence-corrected chi connectivity index (χ3v) is 3.70. The Balaban J connectivity index is 1.66. The molecule has 0 radical (unpaired) electrons. The molecule has 122 valence electrons. The second-order valence-corrected chi connectivity index (χ2v) is 5.31. The third-order valence-electron chi connectivity index (χ3n) is 3.70. The van der Waals surface area contributed by atoms with Gasteiger partial charge in [0.05, 0.1) is 19.4 Å². The number of amides is 1.